The molecule has 0 radical (unpaired) electrons. The second-order valence-corrected chi connectivity index (χ2v) is 7.71. The van der Waals surface area contributed by atoms with Crippen molar-refractivity contribution in [3.8, 4) is 0 Å². The molecule has 3 aromatic rings. The van der Waals surface area contributed by atoms with Gasteiger partial charge < -0.3 is 15.2 Å². The van der Waals surface area contributed by atoms with Gasteiger partial charge in [0, 0.05) is 18.3 Å². The number of hydrogen-bond donors (Lipinski definition) is 2. The Hall–Kier alpha value is -3.66. The molecule has 180 valence electrons. The monoisotopic (exact) mass is 475 g/mol. The van der Waals surface area contributed by atoms with E-state index in [9.17, 15) is 18.0 Å². The van der Waals surface area contributed by atoms with E-state index in [0.29, 0.717) is 18.7 Å². The number of carbonyl (C=O) groups is 2. The number of nitrogens with one attached hydrogen (secondary N) is 1. The number of halogens is 3. The number of carboxylic acids is 1. The van der Waals surface area contributed by atoms with Crippen LogP contribution in [0, 0.1) is 6.92 Å². The predicted octanol–water partition coefficient (Wildman–Crippen LogP) is 3.92. The molecule has 0 fully saturated rings. The first-order valence-electron chi connectivity index (χ1n) is 10.5. The average molecular weight is 475 g/mol. The van der Waals surface area contributed by atoms with Gasteiger partial charge in [-0.3, -0.25) is 9.48 Å². The van der Waals surface area contributed by atoms with Crippen molar-refractivity contribution < 1.29 is 32.6 Å². The summed E-state index contributed by atoms with van der Waals surface area (Å²) in [5.41, 5.74) is 5.08. The highest BCUT2D eigenvalue weighted by atomic mass is 19.4. The highest BCUT2D eigenvalue weighted by molar-refractivity contribution is 5.94. The van der Waals surface area contributed by atoms with Crippen molar-refractivity contribution in [3.63, 3.8) is 0 Å². The molecule has 34 heavy (non-hydrogen) atoms. The number of nitrogens with zero attached hydrogens (tertiary/aromatic N) is 2. The molecule has 0 spiro atoms. The van der Waals surface area contributed by atoms with Gasteiger partial charge in [0.05, 0.1) is 18.8 Å². The van der Waals surface area contributed by atoms with Gasteiger partial charge in [-0.05, 0) is 36.6 Å². The minimum Gasteiger partial charge on any atom is -0.475 e. The van der Waals surface area contributed by atoms with E-state index in [1.54, 1.807) is 0 Å². The maximum absolute atomic E-state index is 12.4. The van der Waals surface area contributed by atoms with Gasteiger partial charge in [0.2, 0.25) is 0 Å². The highest BCUT2D eigenvalue weighted by Crippen LogP contribution is 2.25. The van der Waals surface area contributed by atoms with Gasteiger partial charge in [-0.25, -0.2) is 4.79 Å². The first-order chi connectivity index (χ1) is 16.1. The molecule has 2 aromatic carbocycles. The van der Waals surface area contributed by atoms with Gasteiger partial charge in [-0.1, -0.05) is 48.0 Å². The first kappa shape index (κ1) is 25.0. The maximum Gasteiger partial charge on any atom is 0.490 e. The zero-order chi connectivity index (χ0) is 24.7. The van der Waals surface area contributed by atoms with Crippen molar-refractivity contribution in [1.29, 1.82) is 0 Å². The minimum absolute atomic E-state index is 0.0851. The van der Waals surface area contributed by atoms with E-state index in [1.807, 2.05) is 54.1 Å². The van der Waals surface area contributed by atoms with E-state index in [4.69, 9.17) is 19.7 Å². The molecule has 2 heterocycles. The number of hydrogen-bond acceptors (Lipinski definition) is 4. The van der Waals surface area contributed by atoms with Crippen LogP contribution in [0.2, 0.25) is 0 Å². The zero-order valence-corrected chi connectivity index (χ0v) is 18.4. The number of rotatable bonds is 5. The van der Waals surface area contributed by atoms with E-state index in [-0.39, 0.29) is 12.0 Å². The molecule has 0 saturated carbocycles. The molecule has 2 N–H and O–H groups in total. The molecule has 1 unspecified atom stereocenters. The number of amides is 1. The summed E-state index contributed by atoms with van der Waals surface area (Å²) < 4.78 is 39.6. The van der Waals surface area contributed by atoms with Crippen LogP contribution in [-0.4, -0.2) is 46.1 Å². The quantitative estimate of drug-likeness (QED) is 0.584. The molecule has 1 aromatic heterocycles. The summed E-state index contributed by atoms with van der Waals surface area (Å²) in [7, 11) is 0. The molecular formula is C24H24F3N3O4. The number of ether oxygens (including phenoxy) is 1. The Kier molecular flexibility index (Phi) is 8.06. The van der Waals surface area contributed by atoms with Crippen molar-refractivity contribution in [2.24, 2.45) is 0 Å². The zero-order valence-electron chi connectivity index (χ0n) is 18.4. The lowest BCUT2D eigenvalue weighted by Gasteiger charge is -2.22. The normalized spacial score (nSPS) is 15.0. The smallest absolute Gasteiger partial charge is 0.475 e. The second-order valence-electron chi connectivity index (χ2n) is 7.71. The van der Waals surface area contributed by atoms with Crippen molar-refractivity contribution in [2.75, 3.05) is 13.2 Å². The van der Waals surface area contributed by atoms with Gasteiger partial charge >= 0.3 is 12.1 Å². The molecule has 10 heteroatoms. The molecule has 1 amide bonds. The Morgan fingerprint density at radius 1 is 1.18 bits per heavy atom. The van der Waals surface area contributed by atoms with Gasteiger partial charge in [0.15, 0.2) is 0 Å². The van der Waals surface area contributed by atoms with Gasteiger partial charge in [0.1, 0.15) is 6.10 Å². The Labute approximate surface area is 194 Å². The fraction of sp³-hybridized carbons (Fsp3) is 0.292. The summed E-state index contributed by atoms with van der Waals surface area (Å²) in [6, 6.07) is 17.8. The van der Waals surface area contributed by atoms with E-state index < -0.39 is 12.1 Å². The molecule has 0 aliphatic carbocycles. The Morgan fingerprint density at radius 2 is 1.88 bits per heavy atom. The summed E-state index contributed by atoms with van der Waals surface area (Å²) in [6.07, 6.45) is -2.34. The molecule has 1 aliphatic rings. The van der Waals surface area contributed by atoms with E-state index in [1.165, 1.54) is 11.1 Å². The predicted molar refractivity (Wildman–Crippen MR) is 117 cm³/mol. The molecule has 0 bridgehead atoms. The summed E-state index contributed by atoms with van der Waals surface area (Å²) in [6.45, 7) is 3.78. The third-order valence-electron chi connectivity index (χ3n) is 5.02. The Balaban J connectivity index is 0.000000406. The van der Waals surface area contributed by atoms with Gasteiger partial charge in [-0.15, -0.1) is 0 Å². The average Bonchev–Trinajstić information content (AvgIpc) is 3.21. The van der Waals surface area contributed by atoms with Crippen molar-refractivity contribution in [3.05, 3.63) is 88.7 Å². The third kappa shape index (κ3) is 6.92. The van der Waals surface area contributed by atoms with Crippen molar-refractivity contribution >= 4 is 11.9 Å². The van der Waals surface area contributed by atoms with E-state index >= 15 is 0 Å². The van der Waals surface area contributed by atoms with Crippen molar-refractivity contribution in [1.82, 2.24) is 15.1 Å². The van der Waals surface area contributed by atoms with E-state index in [0.717, 1.165) is 24.2 Å². The summed E-state index contributed by atoms with van der Waals surface area (Å²) >= 11 is 0. The maximum atomic E-state index is 12.4. The Morgan fingerprint density at radius 3 is 2.53 bits per heavy atom. The number of aliphatic carboxylic acids is 1. The van der Waals surface area contributed by atoms with Crippen LogP contribution in [0.4, 0.5) is 13.2 Å². The van der Waals surface area contributed by atoms with Crippen LogP contribution < -0.4 is 5.32 Å². The Bertz CT molecular complexity index is 1130. The topological polar surface area (TPSA) is 93.5 Å². The van der Waals surface area contributed by atoms with E-state index in [2.05, 4.69) is 23.6 Å². The molecule has 0 saturated heterocycles. The number of benzene rings is 2. The van der Waals surface area contributed by atoms with Crippen LogP contribution in [0.1, 0.15) is 38.8 Å². The van der Waals surface area contributed by atoms with Crippen LogP contribution in [0.5, 0.6) is 0 Å². The lowest BCUT2D eigenvalue weighted by Crippen LogP contribution is -2.32. The summed E-state index contributed by atoms with van der Waals surface area (Å²) in [5, 5.41) is 14.8. The molecule has 1 atom stereocenters. The van der Waals surface area contributed by atoms with Crippen LogP contribution in [0.15, 0.2) is 60.8 Å². The van der Waals surface area contributed by atoms with Crippen molar-refractivity contribution in [2.45, 2.75) is 32.2 Å². The highest BCUT2D eigenvalue weighted by Gasteiger charge is 2.38. The standard InChI is InChI=1S/C22H23N3O2.C2HF3O2/c1-16-6-5-9-18(12-16)22(26)23-13-20-21-19(10-11-27-20)15-25(24-21)14-17-7-3-2-4-8-17;3-2(4,5)1(6)7/h2-9,12,15,20H,10-11,13-14H2,1H3,(H,23,26);(H,6,7). The number of carboxylic acid groups (broad SMARTS) is 1. The lowest BCUT2D eigenvalue weighted by molar-refractivity contribution is -0.192. The lowest BCUT2D eigenvalue weighted by atomic mass is 10.1. The minimum atomic E-state index is -5.08. The second kappa shape index (κ2) is 11.0. The summed E-state index contributed by atoms with van der Waals surface area (Å²) in [4.78, 5) is 21.3. The van der Waals surface area contributed by atoms with Crippen LogP contribution in [0.25, 0.3) is 0 Å². The molecule has 4 rings (SSSR count). The van der Waals surface area contributed by atoms with Gasteiger partial charge in [-0.2, -0.15) is 18.3 Å². The number of fused-ring (bicyclic) bond motifs is 1. The van der Waals surface area contributed by atoms with Crippen LogP contribution in [0.3, 0.4) is 0 Å². The number of alkyl halides is 3. The fourth-order valence-electron chi connectivity index (χ4n) is 3.41. The number of carbonyl (C=O) groups excluding carboxylic acids is 1. The van der Waals surface area contributed by atoms with Gasteiger partial charge in [0.25, 0.3) is 5.91 Å². The fourth-order valence-corrected chi connectivity index (χ4v) is 3.41. The third-order valence-corrected chi connectivity index (χ3v) is 5.02. The molecule has 1 aliphatic heterocycles. The van der Waals surface area contributed by atoms with Crippen LogP contribution >= 0.6 is 0 Å². The molecular weight excluding hydrogens is 451 g/mol. The molecule has 7 nitrogen and oxygen atoms in total. The number of aryl methyl sites for hydroxylation is 1. The number of aromatic nitrogens is 2. The largest absolute Gasteiger partial charge is 0.490 e. The first-order valence-corrected chi connectivity index (χ1v) is 10.5. The SMILES string of the molecule is Cc1cccc(C(=O)NCC2OCCc3cn(Cc4ccccc4)nc32)c1.O=C(O)C(F)(F)F. The summed E-state index contributed by atoms with van der Waals surface area (Å²) in [5.74, 6) is -2.84. The van der Waals surface area contributed by atoms with Crippen LogP contribution in [-0.2, 0) is 22.5 Å².